The van der Waals surface area contributed by atoms with Crippen molar-refractivity contribution < 1.29 is 13.2 Å². The fraction of sp³-hybridized carbons (Fsp3) is 0.667. The molecule has 0 saturated heterocycles. The summed E-state index contributed by atoms with van der Waals surface area (Å²) in [5.74, 6) is 0. The second kappa shape index (κ2) is 7.04. The molecule has 0 aliphatic carbocycles. The quantitative estimate of drug-likeness (QED) is 0.736. The van der Waals surface area contributed by atoms with E-state index in [0.717, 1.165) is 18.7 Å². The van der Waals surface area contributed by atoms with Crippen LogP contribution in [0.1, 0.15) is 26.0 Å². The van der Waals surface area contributed by atoms with Gasteiger partial charge in [-0.2, -0.15) is 0 Å². The van der Waals surface area contributed by atoms with Crippen molar-refractivity contribution in [3.8, 4) is 0 Å². The van der Waals surface area contributed by atoms with Gasteiger partial charge in [-0.05, 0) is 19.4 Å². The molecule has 1 atom stereocenters. The summed E-state index contributed by atoms with van der Waals surface area (Å²) in [5, 5.41) is 0. The SMILES string of the molecule is CCCn1cc(S(=O)(=O)NCC(C)OC)cc1CN. The Morgan fingerprint density at radius 1 is 1.53 bits per heavy atom. The number of hydrogen-bond acceptors (Lipinski definition) is 4. The van der Waals surface area contributed by atoms with Crippen molar-refractivity contribution in [3.05, 3.63) is 18.0 Å². The summed E-state index contributed by atoms with van der Waals surface area (Å²) in [6, 6.07) is 1.62. The summed E-state index contributed by atoms with van der Waals surface area (Å²) in [5.41, 5.74) is 6.45. The van der Waals surface area contributed by atoms with E-state index in [4.69, 9.17) is 10.5 Å². The molecule has 1 rings (SSSR count). The molecule has 0 amide bonds. The zero-order chi connectivity index (χ0) is 14.5. The predicted octanol–water partition coefficient (Wildman–Crippen LogP) is 0.670. The summed E-state index contributed by atoms with van der Waals surface area (Å²) in [6.45, 7) is 5.17. The summed E-state index contributed by atoms with van der Waals surface area (Å²) in [6.07, 6.45) is 2.39. The summed E-state index contributed by atoms with van der Waals surface area (Å²) < 4.78 is 33.7. The van der Waals surface area contributed by atoms with Crippen LogP contribution in [-0.4, -0.2) is 32.7 Å². The lowest BCUT2D eigenvalue weighted by atomic mass is 10.4. The molecule has 0 radical (unpaired) electrons. The molecule has 3 N–H and O–H groups in total. The van der Waals surface area contributed by atoms with Crippen molar-refractivity contribution in [2.24, 2.45) is 5.73 Å². The molecule has 6 nitrogen and oxygen atoms in total. The molecule has 1 heterocycles. The summed E-state index contributed by atoms with van der Waals surface area (Å²) in [4.78, 5) is 0.254. The molecule has 0 aromatic carbocycles. The van der Waals surface area contributed by atoms with Crippen LogP contribution in [0.3, 0.4) is 0 Å². The number of aryl methyl sites for hydroxylation is 1. The van der Waals surface area contributed by atoms with Gasteiger partial charge in [0, 0.05) is 38.6 Å². The lowest BCUT2D eigenvalue weighted by molar-refractivity contribution is 0.122. The lowest BCUT2D eigenvalue weighted by Gasteiger charge is -2.10. The van der Waals surface area contributed by atoms with Crippen LogP contribution in [0.5, 0.6) is 0 Å². The molecule has 0 saturated carbocycles. The second-order valence-corrected chi connectivity index (χ2v) is 6.23. The van der Waals surface area contributed by atoms with E-state index in [1.54, 1.807) is 26.3 Å². The molecule has 1 unspecified atom stereocenters. The van der Waals surface area contributed by atoms with E-state index in [1.807, 2.05) is 11.5 Å². The number of rotatable bonds is 8. The first kappa shape index (κ1) is 16.2. The largest absolute Gasteiger partial charge is 0.380 e. The van der Waals surface area contributed by atoms with E-state index >= 15 is 0 Å². The maximum Gasteiger partial charge on any atom is 0.242 e. The number of sulfonamides is 1. The Morgan fingerprint density at radius 3 is 2.74 bits per heavy atom. The van der Waals surface area contributed by atoms with Crippen molar-refractivity contribution in [2.45, 2.75) is 44.4 Å². The fourth-order valence-corrected chi connectivity index (χ4v) is 2.86. The third-order valence-corrected chi connectivity index (χ3v) is 4.30. The van der Waals surface area contributed by atoms with Gasteiger partial charge in [-0.1, -0.05) is 6.92 Å². The Hall–Kier alpha value is -0.890. The van der Waals surface area contributed by atoms with Crippen molar-refractivity contribution >= 4 is 10.0 Å². The van der Waals surface area contributed by atoms with Crippen LogP contribution in [0.25, 0.3) is 0 Å². The van der Waals surface area contributed by atoms with Crippen LogP contribution in [-0.2, 0) is 27.8 Å². The van der Waals surface area contributed by atoms with Gasteiger partial charge in [0.2, 0.25) is 10.0 Å². The standard InChI is InChI=1S/C12H23N3O3S/c1-4-5-15-9-12(6-11(15)7-13)19(16,17)14-8-10(2)18-3/h6,9-10,14H,4-5,7-8,13H2,1-3H3. The molecular formula is C12H23N3O3S. The van der Waals surface area contributed by atoms with Gasteiger partial charge >= 0.3 is 0 Å². The van der Waals surface area contributed by atoms with E-state index in [2.05, 4.69) is 4.72 Å². The van der Waals surface area contributed by atoms with Gasteiger partial charge < -0.3 is 15.0 Å². The van der Waals surface area contributed by atoms with Gasteiger partial charge in [0.15, 0.2) is 0 Å². The number of nitrogens with one attached hydrogen (secondary N) is 1. The third-order valence-electron chi connectivity index (χ3n) is 2.91. The van der Waals surface area contributed by atoms with E-state index < -0.39 is 10.0 Å². The Labute approximate surface area is 115 Å². The summed E-state index contributed by atoms with van der Waals surface area (Å²) >= 11 is 0. The smallest absolute Gasteiger partial charge is 0.242 e. The van der Waals surface area contributed by atoms with Crippen LogP contribution in [0, 0.1) is 0 Å². The van der Waals surface area contributed by atoms with E-state index in [-0.39, 0.29) is 17.5 Å². The first-order chi connectivity index (χ1) is 8.94. The number of methoxy groups -OCH3 is 1. The number of ether oxygens (including phenoxy) is 1. The van der Waals surface area contributed by atoms with Gasteiger partial charge in [0.25, 0.3) is 0 Å². The Morgan fingerprint density at radius 2 is 2.21 bits per heavy atom. The number of nitrogens with two attached hydrogens (primary N) is 1. The molecule has 0 fully saturated rings. The first-order valence-electron chi connectivity index (χ1n) is 6.36. The zero-order valence-electron chi connectivity index (χ0n) is 11.7. The zero-order valence-corrected chi connectivity index (χ0v) is 12.5. The molecule has 7 heteroatoms. The van der Waals surface area contributed by atoms with Crippen LogP contribution in [0.4, 0.5) is 0 Å². The normalized spacial score (nSPS) is 13.7. The molecule has 19 heavy (non-hydrogen) atoms. The monoisotopic (exact) mass is 289 g/mol. The van der Waals surface area contributed by atoms with Crippen LogP contribution >= 0.6 is 0 Å². The van der Waals surface area contributed by atoms with Crippen molar-refractivity contribution in [1.82, 2.24) is 9.29 Å². The maximum absolute atomic E-state index is 12.1. The highest BCUT2D eigenvalue weighted by Gasteiger charge is 2.18. The van der Waals surface area contributed by atoms with Gasteiger partial charge in [-0.25, -0.2) is 13.1 Å². The van der Waals surface area contributed by atoms with Gasteiger partial charge in [0.05, 0.1) is 11.0 Å². The minimum Gasteiger partial charge on any atom is -0.380 e. The Balaban J connectivity index is 2.89. The minimum atomic E-state index is -3.50. The number of nitrogens with zero attached hydrogens (tertiary/aromatic N) is 1. The summed E-state index contributed by atoms with van der Waals surface area (Å²) in [7, 11) is -1.96. The van der Waals surface area contributed by atoms with Crippen molar-refractivity contribution in [2.75, 3.05) is 13.7 Å². The first-order valence-corrected chi connectivity index (χ1v) is 7.84. The molecule has 1 aromatic rings. The molecule has 0 aliphatic rings. The van der Waals surface area contributed by atoms with E-state index in [0.29, 0.717) is 6.54 Å². The van der Waals surface area contributed by atoms with Crippen LogP contribution in [0.2, 0.25) is 0 Å². The molecule has 110 valence electrons. The number of hydrogen-bond donors (Lipinski definition) is 2. The van der Waals surface area contributed by atoms with Crippen LogP contribution in [0.15, 0.2) is 17.2 Å². The molecule has 0 bridgehead atoms. The second-order valence-electron chi connectivity index (χ2n) is 4.46. The van der Waals surface area contributed by atoms with E-state index in [9.17, 15) is 8.42 Å². The van der Waals surface area contributed by atoms with Gasteiger partial charge in [0.1, 0.15) is 0 Å². The average molecular weight is 289 g/mol. The maximum atomic E-state index is 12.1. The highest BCUT2D eigenvalue weighted by molar-refractivity contribution is 7.89. The third kappa shape index (κ3) is 4.31. The average Bonchev–Trinajstić information content (AvgIpc) is 2.80. The predicted molar refractivity (Wildman–Crippen MR) is 74.3 cm³/mol. The fourth-order valence-electron chi connectivity index (χ4n) is 1.69. The highest BCUT2D eigenvalue weighted by atomic mass is 32.2. The Bertz CT molecular complexity index is 496. The van der Waals surface area contributed by atoms with Crippen molar-refractivity contribution in [3.63, 3.8) is 0 Å². The van der Waals surface area contributed by atoms with E-state index in [1.165, 1.54) is 0 Å². The van der Waals surface area contributed by atoms with Gasteiger partial charge in [-0.3, -0.25) is 0 Å². The molecular weight excluding hydrogens is 266 g/mol. The van der Waals surface area contributed by atoms with Crippen molar-refractivity contribution in [1.29, 1.82) is 0 Å². The highest BCUT2D eigenvalue weighted by Crippen LogP contribution is 2.14. The molecule has 0 aliphatic heterocycles. The lowest BCUT2D eigenvalue weighted by Crippen LogP contribution is -2.31. The minimum absolute atomic E-state index is 0.165. The Kier molecular flexibility index (Phi) is 5.99. The topological polar surface area (TPSA) is 86.3 Å². The number of aromatic nitrogens is 1. The van der Waals surface area contributed by atoms with Crippen LogP contribution < -0.4 is 10.5 Å². The molecule has 1 aromatic heterocycles. The van der Waals surface area contributed by atoms with Gasteiger partial charge in [-0.15, -0.1) is 0 Å². The molecule has 0 spiro atoms.